The molecule has 104 valence electrons. The molecule has 0 bridgehead atoms. The van der Waals surface area contributed by atoms with E-state index >= 15 is 0 Å². The van der Waals surface area contributed by atoms with Crippen molar-refractivity contribution in [3.05, 3.63) is 0 Å². The largest absolute Gasteiger partial charge is 0.481 e. The number of carbonyl (C=O) groups excluding carboxylic acids is 1. The highest BCUT2D eigenvalue weighted by Crippen LogP contribution is 2.21. The molecule has 2 N–H and O–H groups in total. The maximum atomic E-state index is 11.8. The van der Waals surface area contributed by atoms with E-state index in [2.05, 4.69) is 5.32 Å². The van der Waals surface area contributed by atoms with E-state index in [1.54, 1.807) is 11.8 Å². The highest BCUT2D eigenvalue weighted by Gasteiger charge is 2.23. The summed E-state index contributed by atoms with van der Waals surface area (Å²) >= 11 is 1.88. The van der Waals surface area contributed by atoms with Crippen LogP contribution in [0.5, 0.6) is 0 Å². The summed E-state index contributed by atoms with van der Waals surface area (Å²) in [6.45, 7) is 2.23. The molecule has 1 fully saturated rings. The second-order valence-electron chi connectivity index (χ2n) is 4.74. The number of carboxylic acids is 1. The molecule has 2 amide bonds. The van der Waals surface area contributed by atoms with Crippen molar-refractivity contribution in [2.75, 3.05) is 25.1 Å². The van der Waals surface area contributed by atoms with Crippen molar-refractivity contribution < 1.29 is 14.7 Å². The van der Waals surface area contributed by atoms with Crippen LogP contribution >= 0.6 is 11.8 Å². The first-order chi connectivity index (χ1) is 8.52. The fraction of sp³-hybridized carbons (Fsp3) is 0.833. The normalized spacial score (nSPS) is 20.4. The Bertz CT molecular complexity index is 293. The Morgan fingerprint density at radius 3 is 2.83 bits per heavy atom. The van der Waals surface area contributed by atoms with Crippen LogP contribution in [0, 0.1) is 5.92 Å². The summed E-state index contributed by atoms with van der Waals surface area (Å²) < 4.78 is 0. The summed E-state index contributed by atoms with van der Waals surface area (Å²) in [6.07, 6.45) is 2.36. The molecular formula is C12H22N2O3S. The van der Waals surface area contributed by atoms with Crippen LogP contribution in [0.4, 0.5) is 4.79 Å². The highest BCUT2D eigenvalue weighted by molar-refractivity contribution is 7.99. The topological polar surface area (TPSA) is 69.6 Å². The summed E-state index contributed by atoms with van der Waals surface area (Å²) in [5.74, 6) is 1.02. The van der Waals surface area contributed by atoms with Crippen molar-refractivity contribution in [3.8, 4) is 0 Å². The monoisotopic (exact) mass is 274 g/mol. The predicted molar refractivity (Wildman–Crippen MR) is 72.9 cm³/mol. The van der Waals surface area contributed by atoms with E-state index in [1.165, 1.54) is 0 Å². The van der Waals surface area contributed by atoms with Crippen molar-refractivity contribution >= 4 is 23.8 Å². The van der Waals surface area contributed by atoms with E-state index in [9.17, 15) is 9.59 Å². The third kappa shape index (κ3) is 4.76. The van der Waals surface area contributed by atoms with Gasteiger partial charge in [-0.15, -0.1) is 0 Å². The van der Waals surface area contributed by atoms with Gasteiger partial charge in [-0.05, 0) is 25.0 Å². The Morgan fingerprint density at radius 1 is 1.56 bits per heavy atom. The van der Waals surface area contributed by atoms with E-state index in [-0.39, 0.29) is 11.9 Å². The van der Waals surface area contributed by atoms with Crippen LogP contribution in [0.2, 0.25) is 0 Å². The number of aliphatic carboxylic acids is 1. The van der Waals surface area contributed by atoms with Crippen LogP contribution in [0.1, 0.15) is 26.2 Å². The molecule has 1 aliphatic heterocycles. The Hall–Kier alpha value is -0.910. The van der Waals surface area contributed by atoms with Crippen LogP contribution in [-0.4, -0.2) is 53.1 Å². The number of nitrogens with zero attached hydrogens (tertiary/aromatic N) is 1. The average molecular weight is 274 g/mol. The summed E-state index contributed by atoms with van der Waals surface area (Å²) in [5.41, 5.74) is 0. The molecule has 1 rings (SSSR count). The van der Waals surface area contributed by atoms with Gasteiger partial charge in [0, 0.05) is 25.4 Å². The van der Waals surface area contributed by atoms with Gasteiger partial charge in [0.05, 0.1) is 5.92 Å². The Labute approximate surface area is 112 Å². The van der Waals surface area contributed by atoms with E-state index in [1.807, 2.05) is 18.8 Å². The second-order valence-corrected chi connectivity index (χ2v) is 5.89. The predicted octanol–water partition coefficient (Wildman–Crippen LogP) is 1.63. The van der Waals surface area contributed by atoms with Gasteiger partial charge in [-0.2, -0.15) is 11.8 Å². The molecule has 0 aromatic rings. The smallest absolute Gasteiger partial charge is 0.317 e. The Kier molecular flexibility index (Phi) is 6.32. The summed E-state index contributed by atoms with van der Waals surface area (Å²) in [5, 5.41) is 11.6. The van der Waals surface area contributed by atoms with Crippen LogP contribution in [-0.2, 0) is 4.79 Å². The lowest BCUT2D eigenvalue weighted by Gasteiger charge is -2.24. The Balaban J connectivity index is 2.14. The van der Waals surface area contributed by atoms with Crippen LogP contribution in [0.25, 0.3) is 0 Å². The van der Waals surface area contributed by atoms with Gasteiger partial charge in [-0.3, -0.25) is 4.79 Å². The standard InChI is InChI=1S/C12H22N2O3S/c1-9(11(15)16)4-3-6-13-12(17)14(2)10-5-7-18-8-10/h9-10H,3-8H2,1-2H3,(H,13,17)(H,15,16). The van der Waals surface area contributed by atoms with E-state index < -0.39 is 5.97 Å². The van der Waals surface area contributed by atoms with Crippen LogP contribution < -0.4 is 5.32 Å². The number of rotatable bonds is 6. The molecule has 0 saturated carbocycles. The van der Waals surface area contributed by atoms with Gasteiger partial charge in [0.1, 0.15) is 0 Å². The van der Waals surface area contributed by atoms with Crippen molar-refractivity contribution in [2.45, 2.75) is 32.2 Å². The third-order valence-corrected chi connectivity index (χ3v) is 4.43. The van der Waals surface area contributed by atoms with Crippen LogP contribution in [0.3, 0.4) is 0 Å². The molecule has 0 aromatic heterocycles. The fourth-order valence-electron chi connectivity index (χ4n) is 1.85. The number of urea groups is 1. The first-order valence-electron chi connectivity index (χ1n) is 6.33. The number of hydrogen-bond acceptors (Lipinski definition) is 3. The molecule has 2 unspecified atom stereocenters. The lowest BCUT2D eigenvalue weighted by Crippen LogP contribution is -2.44. The van der Waals surface area contributed by atoms with Gasteiger partial charge >= 0.3 is 12.0 Å². The molecule has 1 aliphatic rings. The number of hydrogen-bond donors (Lipinski definition) is 2. The lowest BCUT2D eigenvalue weighted by atomic mass is 10.1. The van der Waals surface area contributed by atoms with Gasteiger partial charge in [-0.1, -0.05) is 6.92 Å². The summed E-state index contributed by atoms with van der Waals surface area (Å²) in [6, 6.07) is 0.290. The third-order valence-electron chi connectivity index (χ3n) is 3.29. The zero-order valence-electron chi connectivity index (χ0n) is 11.0. The molecule has 6 heteroatoms. The molecule has 18 heavy (non-hydrogen) atoms. The molecule has 0 spiro atoms. The first-order valence-corrected chi connectivity index (χ1v) is 7.49. The van der Waals surface area contributed by atoms with Gasteiger partial charge < -0.3 is 15.3 Å². The molecule has 1 saturated heterocycles. The fourth-order valence-corrected chi connectivity index (χ4v) is 3.11. The van der Waals surface area contributed by atoms with Gasteiger partial charge in [-0.25, -0.2) is 4.79 Å². The number of amides is 2. The minimum Gasteiger partial charge on any atom is -0.481 e. The molecule has 0 radical (unpaired) electrons. The summed E-state index contributed by atoms with van der Waals surface area (Å²) in [4.78, 5) is 24.2. The molecular weight excluding hydrogens is 252 g/mol. The minimum absolute atomic E-state index is 0.0505. The van der Waals surface area contributed by atoms with Crippen molar-refractivity contribution in [1.29, 1.82) is 0 Å². The second kappa shape index (κ2) is 7.51. The zero-order chi connectivity index (χ0) is 13.5. The Morgan fingerprint density at radius 2 is 2.28 bits per heavy atom. The zero-order valence-corrected chi connectivity index (χ0v) is 11.8. The molecule has 1 heterocycles. The first kappa shape index (κ1) is 15.1. The van der Waals surface area contributed by atoms with E-state index in [4.69, 9.17) is 5.11 Å². The van der Waals surface area contributed by atoms with Crippen molar-refractivity contribution in [1.82, 2.24) is 10.2 Å². The van der Waals surface area contributed by atoms with Gasteiger partial charge in [0.15, 0.2) is 0 Å². The van der Waals surface area contributed by atoms with Crippen molar-refractivity contribution in [3.63, 3.8) is 0 Å². The lowest BCUT2D eigenvalue weighted by molar-refractivity contribution is -0.141. The van der Waals surface area contributed by atoms with Gasteiger partial charge in [0.2, 0.25) is 0 Å². The van der Waals surface area contributed by atoms with Gasteiger partial charge in [0.25, 0.3) is 0 Å². The number of carboxylic acid groups (broad SMARTS) is 1. The van der Waals surface area contributed by atoms with Crippen LogP contribution in [0.15, 0.2) is 0 Å². The maximum Gasteiger partial charge on any atom is 0.317 e. The number of carbonyl (C=O) groups is 2. The SMILES string of the molecule is CC(CCCNC(=O)N(C)C1CCSC1)C(=O)O. The number of nitrogens with one attached hydrogen (secondary N) is 1. The summed E-state index contributed by atoms with van der Waals surface area (Å²) in [7, 11) is 1.83. The molecule has 2 atom stereocenters. The maximum absolute atomic E-state index is 11.8. The molecule has 0 aliphatic carbocycles. The van der Waals surface area contributed by atoms with E-state index in [0.29, 0.717) is 25.4 Å². The average Bonchev–Trinajstić information content (AvgIpc) is 2.86. The minimum atomic E-state index is -0.776. The number of thioether (sulfide) groups is 1. The molecule has 0 aromatic carbocycles. The highest BCUT2D eigenvalue weighted by atomic mass is 32.2. The molecule has 5 nitrogen and oxygen atoms in total. The van der Waals surface area contributed by atoms with Crippen molar-refractivity contribution in [2.24, 2.45) is 5.92 Å². The van der Waals surface area contributed by atoms with E-state index in [0.717, 1.165) is 17.9 Å². The quantitative estimate of drug-likeness (QED) is 0.722.